The smallest absolute Gasteiger partial charge is 0.469 e. The molecule has 4 atom stereocenters. The Morgan fingerprint density at radius 3 is 1.38 bits per heavy atom. The van der Waals surface area contributed by atoms with E-state index in [2.05, 4.69) is 9.47 Å². The molecule has 2 aliphatic rings. The average molecular weight is 300 g/mol. The van der Waals surface area contributed by atoms with Crippen LogP contribution in [0.2, 0.25) is 0 Å². The number of esters is 2. The lowest BCUT2D eigenvalue weighted by Gasteiger charge is -2.23. The Hall–Kier alpha value is -2.05. The zero-order valence-electron chi connectivity index (χ0n) is 12.5. The third kappa shape index (κ3) is 3.74. The summed E-state index contributed by atoms with van der Waals surface area (Å²) in [7, 11) is 5.22. The number of allylic oxidation sites excluding steroid dienone is 2. The summed E-state index contributed by atoms with van der Waals surface area (Å²) in [5, 5.41) is 0. The maximum Gasteiger partial charge on any atom is 0.507 e. The third-order valence-corrected chi connectivity index (χ3v) is 3.74. The van der Waals surface area contributed by atoms with Crippen LogP contribution < -0.4 is 0 Å². The molecule has 0 aromatic rings. The summed E-state index contributed by atoms with van der Waals surface area (Å²) in [6.45, 7) is 0. The molecule has 0 amide bonds. The molecule has 0 N–H and O–H groups in total. The van der Waals surface area contributed by atoms with Gasteiger partial charge in [-0.05, 0) is 18.3 Å². The highest BCUT2D eigenvalue weighted by atomic mass is 16.7. The van der Waals surface area contributed by atoms with Crippen LogP contribution in [0, 0.1) is 23.7 Å². The fourth-order valence-corrected chi connectivity index (χ4v) is 2.82. The summed E-state index contributed by atoms with van der Waals surface area (Å²) < 4.78 is 17.5. The topological polar surface area (TPSA) is 88.1 Å². The molecule has 0 aromatic heterocycles. The third-order valence-electron chi connectivity index (χ3n) is 3.74. The van der Waals surface area contributed by atoms with Crippen molar-refractivity contribution in [3.63, 3.8) is 0 Å². The molecule has 1 fully saturated rings. The molecule has 21 heavy (non-hydrogen) atoms. The highest BCUT2D eigenvalue weighted by molar-refractivity contribution is 5.84. The standard InChI is InChI=1S/C11H14O4.C3H6O3/c1-14-10(12)8-6-3-4-7(5-6)9(8)11(13)15-2;1-5-3(4)6-2/h3-4,6-9H,5H2,1-2H3;1-2H3. The van der Waals surface area contributed by atoms with Gasteiger partial charge in [-0.25, -0.2) is 4.79 Å². The van der Waals surface area contributed by atoms with Gasteiger partial charge in [0, 0.05) is 0 Å². The second-order valence-electron chi connectivity index (χ2n) is 4.70. The molecule has 0 aliphatic heterocycles. The van der Waals surface area contributed by atoms with Crippen LogP contribution in [0.4, 0.5) is 4.79 Å². The summed E-state index contributed by atoms with van der Waals surface area (Å²) in [6.07, 6.45) is 4.21. The first kappa shape index (κ1) is 17.0. The van der Waals surface area contributed by atoms with Crippen molar-refractivity contribution in [2.75, 3.05) is 28.4 Å². The molecule has 2 rings (SSSR count). The number of ether oxygens (including phenoxy) is 4. The maximum absolute atomic E-state index is 11.6. The van der Waals surface area contributed by atoms with E-state index in [9.17, 15) is 14.4 Å². The van der Waals surface area contributed by atoms with Gasteiger partial charge in [0.05, 0.1) is 40.3 Å². The van der Waals surface area contributed by atoms with Gasteiger partial charge in [-0.1, -0.05) is 12.2 Å². The number of rotatable bonds is 2. The first-order valence-corrected chi connectivity index (χ1v) is 6.46. The second kappa shape index (κ2) is 7.66. The number of carbonyl (C=O) groups is 3. The van der Waals surface area contributed by atoms with Gasteiger partial charge in [0.25, 0.3) is 0 Å². The molecule has 1 saturated carbocycles. The zero-order valence-corrected chi connectivity index (χ0v) is 12.5. The van der Waals surface area contributed by atoms with E-state index >= 15 is 0 Å². The van der Waals surface area contributed by atoms with E-state index < -0.39 is 6.16 Å². The van der Waals surface area contributed by atoms with E-state index in [0.29, 0.717) is 0 Å². The van der Waals surface area contributed by atoms with Gasteiger partial charge in [-0.3, -0.25) is 9.59 Å². The van der Waals surface area contributed by atoms with E-state index in [0.717, 1.165) is 6.42 Å². The van der Waals surface area contributed by atoms with Crippen LogP contribution in [0.5, 0.6) is 0 Å². The molecule has 2 aliphatic carbocycles. The van der Waals surface area contributed by atoms with Gasteiger partial charge in [0.15, 0.2) is 0 Å². The largest absolute Gasteiger partial charge is 0.507 e. The molecular weight excluding hydrogens is 280 g/mol. The van der Waals surface area contributed by atoms with Crippen molar-refractivity contribution in [3.05, 3.63) is 12.2 Å². The molecule has 118 valence electrons. The predicted molar refractivity (Wildman–Crippen MR) is 71.2 cm³/mol. The highest BCUT2D eigenvalue weighted by Gasteiger charge is 2.52. The minimum absolute atomic E-state index is 0.145. The van der Waals surface area contributed by atoms with Gasteiger partial charge in [0.1, 0.15) is 0 Å². The molecule has 0 saturated heterocycles. The molecule has 0 spiro atoms. The normalized spacial score (nSPS) is 28.2. The number of hydrogen-bond donors (Lipinski definition) is 0. The van der Waals surface area contributed by atoms with Crippen LogP contribution >= 0.6 is 0 Å². The SMILES string of the molecule is COC(=O)C1C2C=CC(C2)C1C(=O)OC.COC(=O)OC. The monoisotopic (exact) mass is 300 g/mol. The molecule has 7 nitrogen and oxygen atoms in total. The first-order valence-electron chi connectivity index (χ1n) is 6.46. The first-order chi connectivity index (χ1) is 9.99. The number of carbonyl (C=O) groups excluding carboxylic acids is 3. The Bertz CT molecular complexity index is 393. The lowest BCUT2D eigenvalue weighted by atomic mass is 9.83. The van der Waals surface area contributed by atoms with Gasteiger partial charge >= 0.3 is 18.1 Å². The van der Waals surface area contributed by atoms with Gasteiger partial charge < -0.3 is 18.9 Å². The van der Waals surface area contributed by atoms with Crippen LogP contribution in [0.15, 0.2) is 12.2 Å². The van der Waals surface area contributed by atoms with Crippen molar-refractivity contribution in [2.45, 2.75) is 6.42 Å². The van der Waals surface area contributed by atoms with Crippen LogP contribution in [0.3, 0.4) is 0 Å². The predicted octanol–water partition coefficient (Wildman–Crippen LogP) is 1.17. The van der Waals surface area contributed by atoms with Gasteiger partial charge in [0.2, 0.25) is 0 Å². The van der Waals surface area contributed by atoms with Crippen molar-refractivity contribution in [1.29, 1.82) is 0 Å². The Balaban J connectivity index is 0.000000315. The molecular formula is C14H20O7. The summed E-state index contributed by atoms with van der Waals surface area (Å²) in [4.78, 5) is 32.9. The van der Waals surface area contributed by atoms with E-state index in [1.807, 2.05) is 12.2 Å². The van der Waals surface area contributed by atoms with Crippen molar-refractivity contribution < 1.29 is 33.3 Å². The van der Waals surface area contributed by atoms with Crippen LogP contribution in [0.1, 0.15) is 6.42 Å². The lowest BCUT2D eigenvalue weighted by Crippen LogP contribution is -2.34. The van der Waals surface area contributed by atoms with Gasteiger partial charge in [-0.2, -0.15) is 0 Å². The molecule has 7 heteroatoms. The van der Waals surface area contributed by atoms with Crippen LogP contribution in [0.25, 0.3) is 0 Å². The fraction of sp³-hybridized carbons (Fsp3) is 0.643. The van der Waals surface area contributed by atoms with Crippen LogP contribution in [-0.4, -0.2) is 46.5 Å². The molecule has 4 unspecified atom stereocenters. The fourth-order valence-electron chi connectivity index (χ4n) is 2.82. The molecule has 0 radical (unpaired) electrons. The Labute approximate surface area is 123 Å². The Kier molecular flexibility index (Phi) is 6.20. The number of methoxy groups -OCH3 is 4. The summed E-state index contributed by atoms with van der Waals surface area (Å²) >= 11 is 0. The second-order valence-corrected chi connectivity index (χ2v) is 4.70. The molecule has 0 heterocycles. The minimum Gasteiger partial charge on any atom is -0.469 e. The van der Waals surface area contributed by atoms with E-state index in [1.54, 1.807) is 0 Å². The average Bonchev–Trinajstić information content (AvgIpc) is 3.13. The van der Waals surface area contributed by atoms with Crippen LogP contribution in [-0.2, 0) is 28.5 Å². The van der Waals surface area contributed by atoms with Crippen molar-refractivity contribution >= 4 is 18.1 Å². The van der Waals surface area contributed by atoms with E-state index in [4.69, 9.17) is 9.47 Å². The summed E-state index contributed by atoms with van der Waals surface area (Å²) in [5.41, 5.74) is 0. The summed E-state index contributed by atoms with van der Waals surface area (Å²) in [5.74, 6) is -1.02. The van der Waals surface area contributed by atoms with Crippen molar-refractivity contribution in [2.24, 2.45) is 23.7 Å². The summed E-state index contributed by atoms with van der Waals surface area (Å²) in [6, 6.07) is 0. The van der Waals surface area contributed by atoms with E-state index in [1.165, 1.54) is 28.4 Å². The minimum atomic E-state index is -0.657. The number of hydrogen-bond acceptors (Lipinski definition) is 7. The van der Waals surface area contributed by atoms with Gasteiger partial charge in [-0.15, -0.1) is 0 Å². The Morgan fingerprint density at radius 1 is 0.762 bits per heavy atom. The Morgan fingerprint density at radius 2 is 1.14 bits per heavy atom. The maximum atomic E-state index is 11.6. The zero-order chi connectivity index (χ0) is 16.0. The number of fused-ring (bicyclic) bond motifs is 2. The molecule has 0 aromatic carbocycles. The lowest BCUT2D eigenvalue weighted by molar-refractivity contribution is -0.158. The molecule has 2 bridgehead atoms. The highest BCUT2D eigenvalue weighted by Crippen LogP contribution is 2.48. The van der Waals surface area contributed by atoms with Crippen molar-refractivity contribution in [3.8, 4) is 0 Å². The van der Waals surface area contributed by atoms with E-state index in [-0.39, 0.29) is 35.6 Å². The quantitative estimate of drug-likeness (QED) is 0.429. The van der Waals surface area contributed by atoms with Crippen molar-refractivity contribution in [1.82, 2.24) is 0 Å².